The number of rotatable bonds is 3. The van der Waals surface area contributed by atoms with Gasteiger partial charge in [0.15, 0.2) is 5.78 Å². The van der Waals surface area contributed by atoms with Crippen LogP contribution in [0.5, 0.6) is 0 Å². The highest BCUT2D eigenvalue weighted by Gasteiger charge is 2.30. The number of carbonyl (C=O) groups excluding carboxylic acids is 3. The average Bonchev–Trinajstić information content (AvgIpc) is 2.46. The summed E-state index contributed by atoms with van der Waals surface area (Å²) < 4.78 is 0. The number of piperidine rings is 1. The van der Waals surface area contributed by atoms with Crippen molar-refractivity contribution in [3.8, 4) is 0 Å². The largest absolute Gasteiger partial charge is 0.366 e. The van der Waals surface area contributed by atoms with Gasteiger partial charge >= 0.3 is 0 Å². The van der Waals surface area contributed by atoms with E-state index >= 15 is 0 Å². The molecule has 1 saturated heterocycles. The molecule has 1 heterocycles. The van der Waals surface area contributed by atoms with E-state index in [1.165, 1.54) is 19.1 Å². The lowest BCUT2D eigenvalue weighted by molar-refractivity contribution is -0.122. The average molecular weight is 274 g/mol. The Balaban J connectivity index is 2.20. The molecule has 2 amide bonds. The lowest BCUT2D eigenvalue weighted by Gasteiger charge is -2.34. The number of Topliss-reactive ketones (excluding diaryl/α,β-unsaturated/α-hetero) is 1. The molecule has 2 N–H and O–H groups in total. The van der Waals surface area contributed by atoms with Gasteiger partial charge in [0.05, 0.1) is 6.04 Å². The molecule has 1 aromatic rings. The summed E-state index contributed by atoms with van der Waals surface area (Å²) in [6, 6.07) is 5.89. The van der Waals surface area contributed by atoms with E-state index in [-0.39, 0.29) is 17.7 Å². The molecule has 1 atom stereocenters. The molecule has 0 aliphatic carbocycles. The van der Waals surface area contributed by atoms with Crippen molar-refractivity contribution < 1.29 is 14.4 Å². The van der Waals surface area contributed by atoms with Crippen molar-refractivity contribution >= 4 is 17.6 Å². The van der Waals surface area contributed by atoms with Gasteiger partial charge in [-0.1, -0.05) is 0 Å². The molecule has 0 aromatic heterocycles. The molecular formula is C15H18N2O3. The van der Waals surface area contributed by atoms with E-state index in [0.29, 0.717) is 17.7 Å². The Labute approximate surface area is 117 Å². The van der Waals surface area contributed by atoms with Crippen molar-refractivity contribution in [3.05, 3.63) is 35.4 Å². The topological polar surface area (TPSA) is 80.5 Å². The van der Waals surface area contributed by atoms with Gasteiger partial charge in [0.2, 0.25) is 5.91 Å². The maximum atomic E-state index is 12.5. The van der Waals surface area contributed by atoms with Crippen LogP contribution in [0.2, 0.25) is 0 Å². The van der Waals surface area contributed by atoms with Gasteiger partial charge in [-0.05, 0) is 50.5 Å². The molecule has 2 rings (SSSR count). The molecule has 1 unspecified atom stereocenters. The number of amides is 2. The van der Waals surface area contributed by atoms with Crippen molar-refractivity contribution in [3.63, 3.8) is 0 Å². The fraction of sp³-hybridized carbons (Fsp3) is 0.400. The molecule has 106 valence electrons. The molecule has 0 spiro atoms. The summed E-state index contributed by atoms with van der Waals surface area (Å²) >= 11 is 0. The lowest BCUT2D eigenvalue weighted by atomic mass is 9.98. The Morgan fingerprint density at radius 1 is 1.10 bits per heavy atom. The van der Waals surface area contributed by atoms with Crippen molar-refractivity contribution in [2.75, 3.05) is 6.54 Å². The van der Waals surface area contributed by atoms with Crippen LogP contribution in [0.25, 0.3) is 0 Å². The van der Waals surface area contributed by atoms with E-state index in [2.05, 4.69) is 0 Å². The van der Waals surface area contributed by atoms with Crippen LogP contribution in [0.1, 0.15) is 46.9 Å². The van der Waals surface area contributed by atoms with E-state index in [1.807, 2.05) is 0 Å². The molecular weight excluding hydrogens is 256 g/mol. The van der Waals surface area contributed by atoms with Gasteiger partial charge in [0.1, 0.15) is 0 Å². The minimum absolute atomic E-state index is 0.0202. The van der Waals surface area contributed by atoms with Crippen molar-refractivity contribution in [2.24, 2.45) is 5.73 Å². The third-order valence-electron chi connectivity index (χ3n) is 3.65. The van der Waals surface area contributed by atoms with Gasteiger partial charge in [-0.25, -0.2) is 0 Å². The maximum absolute atomic E-state index is 12.5. The Morgan fingerprint density at radius 2 is 1.70 bits per heavy atom. The first-order chi connectivity index (χ1) is 9.50. The first-order valence-corrected chi connectivity index (χ1v) is 6.72. The quantitative estimate of drug-likeness (QED) is 0.903. The molecule has 1 aliphatic heterocycles. The first kappa shape index (κ1) is 14.2. The highest BCUT2D eigenvalue weighted by molar-refractivity contribution is 5.99. The zero-order valence-corrected chi connectivity index (χ0v) is 11.5. The van der Waals surface area contributed by atoms with E-state index in [0.717, 1.165) is 19.3 Å². The van der Waals surface area contributed by atoms with Crippen molar-refractivity contribution in [1.82, 2.24) is 4.90 Å². The highest BCUT2D eigenvalue weighted by atomic mass is 16.2. The second-order valence-electron chi connectivity index (χ2n) is 5.06. The van der Waals surface area contributed by atoms with Crippen LogP contribution in [-0.4, -0.2) is 35.1 Å². The Kier molecular flexibility index (Phi) is 4.17. The molecule has 0 bridgehead atoms. The number of carbonyl (C=O) groups is 3. The van der Waals surface area contributed by atoms with Crippen LogP contribution < -0.4 is 5.73 Å². The first-order valence-electron chi connectivity index (χ1n) is 6.72. The molecule has 0 saturated carbocycles. The molecule has 5 heteroatoms. The van der Waals surface area contributed by atoms with E-state index in [9.17, 15) is 14.4 Å². The highest BCUT2D eigenvalue weighted by Crippen LogP contribution is 2.20. The maximum Gasteiger partial charge on any atom is 0.254 e. The number of hydrogen-bond acceptors (Lipinski definition) is 3. The number of benzene rings is 1. The summed E-state index contributed by atoms with van der Waals surface area (Å²) in [7, 11) is 0. The Hall–Kier alpha value is -2.17. The lowest BCUT2D eigenvalue weighted by Crippen LogP contribution is -2.47. The number of nitrogens with two attached hydrogens (primary N) is 1. The number of ketones is 1. The van der Waals surface area contributed by atoms with Crippen LogP contribution in [0.3, 0.4) is 0 Å². The number of likely N-dealkylation sites (tertiary alicyclic amines) is 1. The predicted octanol–water partition coefficient (Wildman–Crippen LogP) is 1.37. The van der Waals surface area contributed by atoms with Crippen LogP contribution in [0.4, 0.5) is 0 Å². The molecule has 1 aromatic carbocycles. The van der Waals surface area contributed by atoms with Gasteiger partial charge in [-0.3, -0.25) is 14.4 Å². The molecule has 1 fully saturated rings. The Bertz CT molecular complexity index is 537. The molecule has 5 nitrogen and oxygen atoms in total. The van der Waals surface area contributed by atoms with Crippen molar-refractivity contribution in [1.29, 1.82) is 0 Å². The van der Waals surface area contributed by atoms with Gasteiger partial charge < -0.3 is 10.6 Å². The number of hydrogen-bond donors (Lipinski definition) is 1. The molecule has 1 aliphatic rings. The third-order valence-corrected chi connectivity index (χ3v) is 3.65. The van der Waals surface area contributed by atoms with Crippen LogP contribution in [0.15, 0.2) is 24.3 Å². The van der Waals surface area contributed by atoms with Crippen molar-refractivity contribution in [2.45, 2.75) is 32.2 Å². The van der Waals surface area contributed by atoms with Gasteiger partial charge in [0.25, 0.3) is 5.91 Å². The summed E-state index contributed by atoms with van der Waals surface area (Å²) in [5, 5.41) is 0. The summed E-state index contributed by atoms with van der Waals surface area (Å²) in [4.78, 5) is 36.7. The number of primary amides is 1. The van der Waals surface area contributed by atoms with E-state index in [1.54, 1.807) is 17.0 Å². The second-order valence-corrected chi connectivity index (χ2v) is 5.06. The molecule has 20 heavy (non-hydrogen) atoms. The van der Waals surface area contributed by atoms with Crippen LogP contribution >= 0.6 is 0 Å². The zero-order chi connectivity index (χ0) is 14.7. The van der Waals surface area contributed by atoms with Gasteiger partial charge in [0, 0.05) is 17.7 Å². The molecule has 0 radical (unpaired) electrons. The normalized spacial score (nSPS) is 18.6. The second kappa shape index (κ2) is 5.86. The van der Waals surface area contributed by atoms with Crippen LogP contribution in [0, 0.1) is 0 Å². The fourth-order valence-electron chi connectivity index (χ4n) is 2.54. The zero-order valence-electron chi connectivity index (χ0n) is 11.5. The minimum atomic E-state index is -0.524. The number of nitrogens with zero attached hydrogens (tertiary/aromatic N) is 1. The summed E-state index contributed by atoms with van der Waals surface area (Å²) in [6.45, 7) is 2.12. The Morgan fingerprint density at radius 3 is 2.25 bits per heavy atom. The predicted molar refractivity (Wildman–Crippen MR) is 74.3 cm³/mol. The van der Waals surface area contributed by atoms with E-state index < -0.39 is 5.91 Å². The van der Waals surface area contributed by atoms with Gasteiger partial charge in [-0.2, -0.15) is 0 Å². The van der Waals surface area contributed by atoms with E-state index in [4.69, 9.17) is 5.73 Å². The fourth-order valence-corrected chi connectivity index (χ4v) is 2.54. The van der Waals surface area contributed by atoms with Crippen LogP contribution in [-0.2, 0) is 4.79 Å². The smallest absolute Gasteiger partial charge is 0.254 e. The summed E-state index contributed by atoms with van der Waals surface area (Å²) in [6.07, 6.45) is 2.60. The summed E-state index contributed by atoms with van der Waals surface area (Å²) in [5.41, 5.74) is 6.00. The monoisotopic (exact) mass is 274 g/mol. The standard InChI is InChI=1S/C15H18N2O3/c1-10(18)13-4-2-3-9-17(13)15(20)12-7-5-11(6-8-12)14(16)19/h5-8,13H,2-4,9H2,1H3,(H2,16,19). The third kappa shape index (κ3) is 2.87. The minimum Gasteiger partial charge on any atom is -0.366 e. The summed E-state index contributed by atoms with van der Waals surface area (Å²) in [5.74, 6) is -0.670. The SMILES string of the molecule is CC(=O)C1CCCCN1C(=O)c1ccc(C(N)=O)cc1. The van der Waals surface area contributed by atoms with Gasteiger partial charge in [-0.15, -0.1) is 0 Å².